The first-order valence-corrected chi connectivity index (χ1v) is 7.95. The van der Waals surface area contributed by atoms with E-state index >= 15 is 0 Å². The van der Waals surface area contributed by atoms with Crippen LogP contribution in [0.1, 0.15) is 19.4 Å². The molecule has 0 spiro atoms. The molecule has 6 nitrogen and oxygen atoms in total. The van der Waals surface area contributed by atoms with Crippen molar-refractivity contribution in [2.75, 3.05) is 19.8 Å². The highest BCUT2D eigenvalue weighted by Crippen LogP contribution is 2.43. The average Bonchev–Trinajstić information content (AvgIpc) is 2.37. The fraction of sp³-hybridized carbons (Fsp3) is 0.462. The molecule has 1 aromatic rings. The number of esters is 1. The number of rotatable bonds is 8. The van der Waals surface area contributed by atoms with Crippen LogP contribution in [0.4, 0.5) is 0 Å². The Labute approximate surface area is 119 Å². The van der Waals surface area contributed by atoms with Crippen molar-refractivity contribution in [3.63, 3.8) is 0 Å². The molecule has 1 rings (SSSR count). The Kier molecular flexibility index (Phi) is 6.71. The minimum absolute atomic E-state index is 0.193. The van der Waals surface area contributed by atoms with Gasteiger partial charge in [-0.3, -0.25) is 9.32 Å². The number of benzene rings is 1. The molecule has 1 atom stereocenters. The number of ether oxygens (including phenoxy) is 1. The summed E-state index contributed by atoms with van der Waals surface area (Å²) in [5.41, 5.74) is 0.968. The lowest BCUT2D eigenvalue weighted by Crippen LogP contribution is -2.25. The van der Waals surface area contributed by atoms with Gasteiger partial charge in [0.25, 0.3) is 0 Å². The molecular weight excluding hydrogens is 281 g/mol. The van der Waals surface area contributed by atoms with Gasteiger partial charge in [-0.15, -0.1) is 0 Å². The Bertz CT molecular complexity index is 491. The van der Waals surface area contributed by atoms with E-state index in [1.807, 2.05) is 13.0 Å². The normalized spacial score (nSPS) is 13.6. The Morgan fingerprint density at radius 1 is 1.30 bits per heavy atom. The van der Waals surface area contributed by atoms with E-state index in [1.165, 1.54) is 0 Å². The van der Waals surface area contributed by atoms with E-state index in [-0.39, 0.29) is 19.8 Å². The zero-order valence-electron chi connectivity index (χ0n) is 11.9. The average molecular weight is 301 g/mol. The summed E-state index contributed by atoms with van der Waals surface area (Å²) in [6.45, 7) is 5.50. The van der Waals surface area contributed by atoms with Gasteiger partial charge in [0.2, 0.25) is 0 Å². The first-order chi connectivity index (χ1) is 9.49. The summed E-state index contributed by atoms with van der Waals surface area (Å²) in [6, 6.07) is 7.08. The number of carbonyl (C=O) groups excluding carboxylic acids is 1. The van der Waals surface area contributed by atoms with Crippen LogP contribution >= 0.6 is 7.75 Å². The lowest BCUT2D eigenvalue weighted by molar-refractivity contribution is -0.141. The molecule has 0 bridgehead atoms. The number of nitrogens with one attached hydrogen (secondary N) is 1. The minimum Gasteiger partial charge on any atom is -0.465 e. The minimum atomic E-state index is -3.59. The van der Waals surface area contributed by atoms with Crippen LogP contribution in [0.3, 0.4) is 0 Å². The van der Waals surface area contributed by atoms with E-state index < -0.39 is 13.7 Å². The molecule has 1 unspecified atom stereocenters. The van der Waals surface area contributed by atoms with Gasteiger partial charge >= 0.3 is 13.7 Å². The van der Waals surface area contributed by atoms with Crippen molar-refractivity contribution in [3.05, 3.63) is 29.8 Å². The molecule has 0 fully saturated rings. The van der Waals surface area contributed by atoms with Gasteiger partial charge in [0, 0.05) is 0 Å². The summed E-state index contributed by atoms with van der Waals surface area (Å²) in [7, 11) is -3.59. The molecule has 0 aliphatic rings. The van der Waals surface area contributed by atoms with Gasteiger partial charge in [-0.05, 0) is 38.5 Å². The van der Waals surface area contributed by atoms with Gasteiger partial charge in [-0.1, -0.05) is 12.1 Å². The first-order valence-electron chi connectivity index (χ1n) is 6.40. The summed E-state index contributed by atoms with van der Waals surface area (Å²) < 4.78 is 27.7. The quantitative estimate of drug-likeness (QED) is 0.588. The van der Waals surface area contributed by atoms with Gasteiger partial charge in [0.05, 0.1) is 13.2 Å². The van der Waals surface area contributed by atoms with Crippen molar-refractivity contribution in [2.24, 2.45) is 0 Å². The molecule has 112 valence electrons. The molecule has 1 aromatic carbocycles. The third-order valence-electron chi connectivity index (χ3n) is 2.24. The highest BCUT2D eigenvalue weighted by Gasteiger charge is 2.27. The third-order valence-corrected chi connectivity index (χ3v) is 3.83. The van der Waals surface area contributed by atoms with Gasteiger partial charge in [-0.2, -0.15) is 0 Å². The third kappa shape index (κ3) is 5.74. The van der Waals surface area contributed by atoms with E-state index in [1.54, 1.807) is 32.0 Å². The van der Waals surface area contributed by atoms with E-state index in [0.29, 0.717) is 5.75 Å². The number of aryl methyl sites for hydroxylation is 1. The van der Waals surface area contributed by atoms with Crippen molar-refractivity contribution in [1.29, 1.82) is 0 Å². The zero-order valence-corrected chi connectivity index (χ0v) is 12.8. The van der Waals surface area contributed by atoms with E-state index in [0.717, 1.165) is 5.56 Å². The fourth-order valence-corrected chi connectivity index (χ4v) is 2.72. The SMILES string of the molecule is CCOC(=O)CNP(=O)(OCC)Oc1cccc(C)c1. The van der Waals surface area contributed by atoms with Crippen molar-refractivity contribution in [3.8, 4) is 5.75 Å². The molecule has 0 amide bonds. The van der Waals surface area contributed by atoms with Gasteiger partial charge < -0.3 is 9.26 Å². The van der Waals surface area contributed by atoms with Gasteiger partial charge in [0.15, 0.2) is 0 Å². The Morgan fingerprint density at radius 3 is 2.65 bits per heavy atom. The topological polar surface area (TPSA) is 73.9 Å². The largest absolute Gasteiger partial charge is 0.465 e. The highest BCUT2D eigenvalue weighted by atomic mass is 31.2. The zero-order chi connectivity index (χ0) is 15.0. The van der Waals surface area contributed by atoms with Crippen LogP contribution in [0.25, 0.3) is 0 Å². The number of hydrogen-bond acceptors (Lipinski definition) is 5. The summed E-state index contributed by atoms with van der Waals surface area (Å²) in [5, 5.41) is 2.49. The van der Waals surface area contributed by atoms with Crippen LogP contribution in [0.2, 0.25) is 0 Å². The molecule has 0 aliphatic carbocycles. The molecule has 0 saturated heterocycles. The Balaban J connectivity index is 2.71. The van der Waals surface area contributed by atoms with Crippen LogP contribution in [0.15, 0.2) is 24.3 Å². The molecule has 7 heteroatoms. The second-order valence-corrected chi connectivity index (χ2v) is 5.71. The number of hydrogen-bond donors (Lipinski definition) is 1. The predicted octanol–water partition coefficient (Wildman–Crippen LogP) is 2.67. The smallest absolute Gasteiger partial charge is 0.459 e. The van der Waals surface area contributed by atoms with Crippen molar-refractivity contribution >= 4 is 13.7 Å². The van der Waals surface area contributed by atoms with Crippen molar-refractivity contribution in [2.45, 2.75) is 20.8 Å². The van der Waals surface area contributed by atoms with Crippen LogP contribution in [-0.2, 0) is 18.6 Å². The predicted molar refractivity (Wildman–Crippen MR) is 75.7 cm³/mol. The lowest BCUT2D eigenvalue weighted by Gasteiger charge is -2.19. The van der Waals surface area contributed by atoms with E-state index in [9.17, 15) is 9.36 Å². The second-order valence-electron chi connectivity index (χ2n) is 3.96. The van der Waals surface area contributed by atoms with Crippen molar-refractivity contribution < 1.29 is 23.1 Å². The maximum atomic E-state index is 12.4. The fourth-order valence-electron chi connectivity index (χ4n) is 1.46. The van der Waals surface area contributed by atoms with Gasteiger partial charge in [-0.25, -0.2) is 9.65 Å². The molecular formula is C13H20NO5P. The molecule has 0 aromatic heterocycles. The summed E-state index contributed by atoms with van der Waals surface area (Å²) in [6.07, 6.45) is 0. The van der Waals surface area contributed by atoms with Crippen LogP contribution in [0, 0.1) is 6.92 Å². The molecule has 0 radical (unpaired) electrons. The van der Waals surface area contributed by atoms with Crippen LogP contribution < -0.4 is 9.61 Å². The van der Waals surface area contributed by atoms with E-state index in [4.69, 9.17) is 13.8 Å². The lowest BCUT2D eigenvalue weighted by atomic mass is 10.2. The van der Waals surface area contributed by atoms with Crippen LogP contribution in [-0.4, -0.2) is 25.7 Å². The van der Waals surface area contributed by atoms with Crippen LogP contribution in [0.5, 0.6) is 5.75 Å². The first kappa shape index (κ1) is 16.7. The summed E-state index contributed by atoms with van der Waals surface area (Å²) in [5.74, 6) is -0.0987. The Morgan fingerprint density at radius 2 is 2.05 bits per heavy atom. The second kappa shape index (κ2) is 8.04. The molecule has 1 N–H and O–H groups in total. The van der Waals surface area contributed by atoms with E-state index in [2.05, 4.69) is 5.09 Å². The molecule has 20 heavy (non-hydrogen) atoms. The monoisotopic (exact) mass is 301 g/mol. The maximum absolute atomic E-state index is 12.4. The molecule has 0 aliphatic heterocycles. The number of carbonyl (C=O) groups is 1. The summed E-state index contributed by atoms with van der Waals surface area (Å²) >= 11 is 0. The standard InChI is InChI=1S/C13H20NO5P/c1-4-17-13(15)10-14-20(16,18-5-2)19-12-8-6-7-11(3)9-12/h6-9H,4-5,10H2,1-3H3,(H,14,16). The summed E-state index contributed by atoms with van der Waals surface area (Å²) in [4.78, 5) is 11.3. The van der Waals surface area contributed by atoms with Crippen molar-refractivity contribution in [1.82, 2.24) is 5.09 Å². The van der Waals surface area contributed by atoms with Gasteiger partial charge in [0.1, 0.15) is 12.3 Å². The molecule has 0 saturated carbocycles. The highest BCUT2D eigenvalue weighted by molar-refractivity contribution is 7.52. The Hall–Kier alpha value is -1.36. The molecule has 0 heterocycles. The maximum Gasteiger partial charge on any atom is 0.459 e.